The zero-order valence-electron chi connectivity index (χ0n) is 15.9. The van der Waals surface area contributed by atoms with Gasteiger partial charge in [-0.3, -0.25) is 9.59 Å². The van der Waals surface area contributed by atoms with Crippen molar-refractivity contribution in [1.29, 1.82) is 0 Å². The number of nitrogens with one attached hydrogen (secondary N) is 1. The molecule has 5 heteroatoms. The molecular formula is C22H26N3O2+. The number of hydrogen-bond acceptors (Lipinski definition) is 3. The molecule has 0 saturated carbocycles. The Bertz CT molecular complexity index is 857. The van der Waals surface area contributed by atoms with E-state index in [1.807, 2.05) is 30.3 Å². The number of quaternary nitrogens is 1. The number of amides is 2. The van der Waals surface area contributed by atoms with Gasteiger partial charge in [0.25, 0.3) is 5.91 Å². The fourth-order valence-corrected chi connectivity index (χ4v) is 4.24. The van der Waals surface area contributed by atoms with Crippen LogP contribution in [0.3, 0.4) is 0 Å². The fourth-order valence-electron chi connectivity index (χ4n) is 4.24. The summed E-state index contributed by atoms with van der Waals surface area (Å²) in [5, 5.41) is 0. The quantitative estimate of drug-likeness (QED) is 0.836. The van der Waals surface area contributed by atoms with Crippen molar-refractivity contribution in [2.24, 2.45) is 0 Å². The number of piperazine rings is 1. The monoisotopic (exact) mass is 364 g/mol. The van der Waals surface area contributed by atoms with E-state index < -0.39 is 0 Å². The number of hydrogen-bond donors (Lipinski definition) is 1. The van der Waals surface area contributed by atoms with Crippen LogP contribution in [-0.4, -0.2) is 44.0 Å². The second-order valence-corrected chi connectivity index (χ2v) is 7.59. The molecule has 2 aromatic carbocycles. The van der Waals surface area contributed by atoms with Crippen LogP contribution in [0.15, 0.2) is 48.5 Å². The average molecular weight is 364 g/mol. The van der Waals surface area contributed by atoms with E-state index in [1.165, 1.54) is 26.6 Å². The van der Waals surface area contributed by atoms with Crippen molar-refractivity contribution in [2.75, 3.05) is 36.0 Å². The Morgan fingerprint density at radius 2 is 1.67 bits per heavy atom. The molecule has 2 saturated heterocycles. The molecule has 2 fully saturated rings. The molecule has 4 rings (SSSR count). The number of para-hydroxylation sites is 1. The number of anilines is 2. The molecule has 2 amide bonds. The maximum Gasteiger partial charge on any atom is 0.292 e. The topological polar surface area (TPSA) is 45.1 Å². The predicted octanol–water partition coefficient (Wildman–Crippen LogP) is 1.34. The SMILES string of the molecule is Cc1ccc(C)c(N2CC[NH+]([C@H]3CC(=O)N(c4ccccc4)C3=O)CC2)c1. The van der Waals surface area contributed by atoms with E-state index in [2.05, 4.69) is 36.9 Å². The lowest BCUT2D eigenvalue weighted by atomic mass is 10.1. The van der Waals surface area contributed by atoms with Gasteiger partial charge in [0.1, 0.15) is 0 Å². The number of imide groups is 1. The molecule has 0 aliphatic carbocycles. The van der Waals surface area contributed by atoms with Gasteiger partial charge in [-0.15, -0.1) is 0 Å². The molecule has 1 N–H and O–H groups in total. The first kappa shape index (κ1) is 17.7. The van der Waals surface area contributed by atoms with E-state index in [0.29, 0.717) is 12.1 Å². The van der Waals surface area contributed by atoms with Crippen LogP contribution in [0.4, 0.5) is 11.4 Å². The summed E-state index contributed by atoms with van der Waals surface area (Å²) in [6.45, 7) is 7.82. The van der Waals surface area contributed by atoms with Gasteiger partial charge >= 0.3 is 0 Å². The maximum absolute atomic E-state index is 12.9. The van der Waals surface area contributed by atoms with E-state index in [4.69, 9.17) is 0 Å². The maximum atomic E-state index is 12.9. The Balaban J connectivity index is 1.45. The molecule has 140 valence electrons. The summed E-state index contributed by atoms with van der Waals surface area (Å²) >= 11 is 0. The molecule has 2 heterocycles. The van der Waals surface area contributed by atoms with Gasteiger partial charge < -0.3 is 9.80 Å². The van der Waals surface area contributed by atoms with E-state index >= 15 is 0 Å². The summed E-state index contributed by atoms with van der Waals surface area (Å²) in [4.78, 5) is 30.4. The molecule has 0 unspecified atom stereocenters. The number of carbonyl (C=O) groups excluding carboxylic acids is 2. The number of rotatable bonds is 3. The van der Waals surface area contributed by atoms with Gasteiger partial charge in [0.15, 0.2) is 6.04 Å². The Labute approximate surface area is 160 Å². The van der Waals surface area contributed by atoms with Crippen LogP contribution in [0.1, 0.15) is 17.5 Å². The lowest BCUT2D eigenvalue weighted by molar-refractivity contribution is -0.915. The number of carbonyl (C=O) groups is 2. The van der Waals surface area contributed by atoms with Crippen molar-refractivity contribution < 1.29 is 14.5 Å². The lowest BCUT2D eigenvalue weighted by Crippen LogP contribution is -3.19. The number of aryl methyl sites for hydroxylation is 2. The van der Waals surface area contributed by atoms with E-state index in [9.17, 15) is 9.59 Å². The Morgan fingerprint density at radius 1 is 0.963 bits per heavy atom. The zero-order valence-corrected chi connectivity index (χ0v) is 15.9. The molecule has 0 radical (unpaired) electrons. The van der Waals surface area contributed by atoms with Crippen LogP contribution >= 0.6 is 0 Å². The smallest absolute Gasteiger partial charge is 0.292 e. The third-order valence-electron chi connectivity index (χ3n) is 5.76. The Kier molecular flexibility index (Phi) is 4.70. The molecular weight excluding hydrogens is 338 g/mol. The number of nitrogens with zero attached hydrogens (tertiary/aromatic N) is 2. The van der Waals surface area contributed by atoms with E-state index in [-0.39, 0.29) is 17.9 Å². The van der Waals surface area contributed by atoms with E-state index in [0.717, 1.165) is 26.2 Å². The minimum atomic E-state index is -0.251. The molecule has 2 aliphatic heterocycles. The summed E-state index contributed by atoms with van der Waals surface area (Å²) in [7, 11) is 0. The number of benzene rings is 2. The first-order valence-corrected chi connectivity index (χ1v) is 9.63. The molecule has 0 spiro atoms. The molecule has 2 aromatic rings. The Morgan fingerprint density at radius 3 is 2.37 bits per heavy atom. The van der Waals surface area contributed by atoms with Crippen molar-refractivity contribution in [3.8, 4) is 0 Å². The van der Waals surface area contributed by atoms with Crippen molar-refractivity contribution in [3.63, 3.8) is 0 Å². The van der Waals surface area contributed by atoms with Crippen LogP contribution in [-0.2, 0) is 9.59 Å². The summed E-state index contributed by atoms with van der Waals surface area (Å²) in [5.41, 5.74) is 4.52. The average Bonchev–Trinajstić information content (AvgIpc) is 2.99. The first-order valence-electron chi connectivity index (χ1n) is 9.63. The van der Waals surface area contributed by atoms with Crippen molar-refractivity contribution in [2.45, 2.75) is 26.3 Å². The van der Waals surface area contributed by atoms with Crippen molar-refractivity contribution in [1.82, 2.24) is 0 Å². The highest BCUT2D eigenvalue weighted by Crippen LogP contribution is 2.23. The fraction of sp³-hybridized carbons (Fsp3) is 0.364. The van der Waals surface area contributed by atoms with Crippen molar-refractivity contribution >= 4 is 23.2 Å². The van der Waals surface area contributed by atoms with Crippen molar-refractivity contribution in [3.05, 3.63) is 59.7 Å². The van der Waals surface area contributed by atoms with Gasteiger partial charge in [-0.2, -0.15) is 0 Å². The first-order chi connectivity index (χ1) is 13.0. The molecule has 0 aromatic heterocycles. The largest absolute Gasteiger partial charge is 0.360 e. The third kappa shape index (κ3) is 3.35. The van der Waals surface area contributed by atoms with Gasteiger partial charge in [0.05, 0.1) is 38.3 Å². The van der Waals surface area contributed by atoms with Crippen LogP contribution in [0.5, 0.6) is 0 Å². The predicted molar refractivity (Wildman–Crippen MR) is 106 cm³/mol. The Hall–Kier alpha value is -2.66. The van der Waals surface area contributed by atoms with Crippen LogP contribution in [0.25, 0.3) is 0 Å². The molecule has 0 bridgehead atoms. The standard InChI is InChI=1S/C22H25N3O2/c1-16-8-9-17(2)19(14-16)23-10-12-24(13-11-23)20-15-21(26)25(22(20)27)18-6-4-3-5-7-18/h3-9,14,20H,10-13,15H2,1-2H3/p+1/t20-/m0/s1. The van der Waals surface area contributed by atoms with Crippen LogP contribution < -0.4 is 14.7 Å². The van der Waals surface area contributed by atoms with Gasteiger partial charge in [-0.05, 0) is 43.2 Å². The molecule has 27 heavy (non-hydrogen) atoms. The second-order valence-electron chi connectivity index (χ2n) is 7.59. The molecule has 5 nitrogen and oxygen atoms in total. The van der Waals surface area contributed by atoms with Crippen LogP contribution in [0.2, 0.25) is 0 Å². The van der Waals surface area contributed by atoms with Gasteiger partial charge in [-0.25, -0.2) is 4.90 Å². The summed E-state index contributed by atoms with van der Waals surface area (Å²) in [6.07, 6.45) is 0.312. The van der Waals surface area contributed by atoms with Crippen LogP contribution in [0, 0.1) is 13.8 Å². The zero-order chi connectivity index (χ0) is 19.0. The summed E-state index contributed by atoms with van der Waals surface area (Å²) < 4.78 is 0. The molecule has 2 aliphatic rings. The lowest BCUT2D eigenvalue weighted by Gasteiger charge is -2.36. The second kappa shape index (κ2) is 7.16. The van der Waals surface area contributed by atoms with Gasteiger partial charge in [0, 0.05) is 5.69 Å². The minimum Gasteiger partial charge on any atom is -0.360 e. The van der Waals surface area contributed by atoms with Gasteiger partial charge in [0.2, 0.25) is 5.91 Å². The summed E-state index contributed by atoms with van der Waals surface area (Å²) in [5.74, 6) is -0.137. The van der Waals surface area contributed by atoms with E-state index in [1.54, 1.807) is 0 Å². The highest BCUT2D eigenvalue weighted by Gasteiger charge is 2.46. The highest BCUT2D eigenvalue weighted by atomic mass is 16.2. The summed E-state index contributed by atoms with van der Waals surface area (Å²) in [6, 6.07) is 15.6. The highest BCUT2D eigenvalue weighted by molar-refractivity contribution is 6.21. The minimum absolute atomic E-state index is 0.0543. The molecule has 1 atom stereocenters. The third-order valence-corrected chi connectivity index (χ3v) is 5.76. The van der Waals surface area contributed by atoms with Gasteiger partial charge in [-0.1, -0.05) is 30.3 Å². The normalized spacial score (nSPS) is 21.2.